The molecule has 0 aromatic heterocycles. The molecular formula is C12H22ClN. The SMILES string of the molecule is CCN(CC)CC.Cl.c1ccccc1. The van der Waals surface area contributed by atoms with Gasteiger partial charge in [-0.25, -0.2) is 0 Å². The number of hydrogen-bond donors (Lipinski definition) is 0. The first-order valence-electron chi connectivity index (χ1n) is 5.07. The molecular weight excluding hydrogens is 194 g/mol. The summed E-state index contributed by atoms with van der Waals surface area (Å²) >= 11 is 0. The van der Waals surface area contributed by atoms with Gasteiger partial charge in [0.05, 0.1) is 0 Å². The molecule has 0 unspecified atom stereocenters. The Balaban J connectivity index is 0. The van der Waals surface area contributed by atoms with Crippen LogP contribution in [-0.2, 0) is 0 Å². The fourth-order valence-corrected chi connectivity index (χ4v) is 1.06. The van der Waals surface area contributed by atoms with E-state index < -0.39 is 0 Å². The van der Waals surface area contributed by atoms with E-state index in [0.717, 1.165) is 0 Å². The highest BCUT2D eigenvalue weighted by atomic mass is 35.5. The summed E-state index contributed by atoms with van der Waals surface area (Å²) in [6.07, 6.45) is 0. The third-order valence-electron chi connectivity index (χ3n) is 2.01. The van der Waals surface area contributed by atoms with Crippen molar-refractivity contribution in [2.24, 2.45) is 0 Å². The molecule has 0 bridgehead atoms. The Morgan fingerprint density at radius 2 is 0.857 bits per heavy atom. The van der Waals surface area contributed by atoms with Crippen molar-refractivity contribution in [3.05, 3.63) is 36.4 Å². The first-order chi connectivity index (χ1) is 6.35. The second-order valence-electron chi connectivity index (χ2n) is 2.77. The van der Waals surface area contributed by atoms with Gasteiger partial charge in [0, 0.05) is 0 Å². The lowest BCUT2D eigenvalue weighted by atomic mass is 10.4. The second-order valence-corrected chi connectivity index (χ2v) is 2.77. The summed E-state index contributed by atoms with van der Waals surface area (Å²) in [6, 6.07) is 12.0. The molecule has 0 aliphatic heterocycles. The maximum absolute atomic E-state index is 2.38. The number of nitrogens with zero attached hydrogens (tertiary/aromatic N) is 1. The van der Waals surface area contributed by atoms with Gasteiger partial charge < -0.3 is 4.90 Å². The average molecular weight is 216 g/mol. The highest BCUT2D eigenvalue weighted by Gasteiger charge is 1.89. The van der Waals surface area contributed by atoms with E-state index in [1.165, 1.54) is 19.6 Å². The smallest absolute Gasteiger partial charge is 0.00474 e. The van der Waals surface area contributed by atoms with E-state index in [1.54, 1.807) is 0 Å². The number of halogens is 1. The standard InChI is InChI=1S/C6H15N.C6H6.ClH/c1-4-7(5-2)6-3;1-2-4-6-5-3-1;/h4-6H2,1-3H3;1-6H;1H. The first-order valence-corrected chi connectivity index (χ1v) is 5.07. The lowest BCUT2D eigenvalue weighted by molar-refractivity contribution is 0.321. The molecule has 0 aliphatic carbocycles. The van der Waals surface area contributed by atoms with Crippen LogP contribution in [0.25, 0.3) is 0 Å². The largest absolute Gasteiger partial charge is 0.304 e. The molecule has 0 fully saturated rings. The summed E-state index contributed by atoms with van der Waals surface area (Å²) in [7, 11) is 0. The Hall–Kier alpha value is -0.530. The van der Waals surface area contributed by atoms with Crippen LogP contribution in [0.2, 0.25) is 0 Å². The summed E-state index contributed by atoms with van der Waals surface area (Å²) in [6.45, 7) is 10.1. The zero-order chi connectivity index (χ0) is 9.94. The number of benzene rings is 1. The van der Waals surface area contributed by atoms with Crippen molar-refractivity contribution in [1.82, 2.24) is 4.90 Å². The topological polar surface area (TPSA) is 3.24 Å². The van der Waals surface area contributed by atoms with Gasteiger partial charge in [0.15, 0.2) is 0 Å². The zero-order valence-electron chi connectivity index (χ0n) is 9.44. The summed E-state index contributed by atoms with van der Waals surface area (Å²) in [5, 5.41) is 0. The van der Waals surface area contributed by atoms with Gasteiger partial charge in [-0.15, -0.1) is 12.4 Å². The summed E-state index contributed by atoms with van der Waals surface area (Å²) in [5.41, 5.74) is 0. The van der Waals surface area contributed by atoms with E-state index in [0.29, 0.717) is 0 Å². The molecule has 0 radical (unpaired) electrons. The van der Waals surface area contributed by atoms with Crippen LogP contribution in [0.4, 0.5) is 0 Å². The minimum absolute atomic E-state index is 0. The monoisotopic (exact) mass is 215 g/mol. The third kappa shape index (κ3) is 9.56. The van der Waals surface area contributed by atoms with Crippen LogP contribution in [0, 0.1) is 0 Å². The zero-order valence-corrected chi connectivity index (χ0v) is 10.3. The third-order valence-corrected chi connectivity index (χ3v) is 2.01. The summed E-state index contributed by atoms with van der Waals surface area (Å²) in [4.78, 5) is 2.38. The van der Waals surface area contributed by atoms with Crippen LogP contribution in [0.1, 0.15) is 20.8 Å². The molecule has 1 rings (SSSR count). The molecule has 0 aliphatic rings. The van der Waals surface area contributed by atoms with Crippen molar-refractivity contribution < 1.29 is 0 Å². The molecule has 0 N–H and O–H groups in total. The van der Waals surface area contributed by atoms with E-state index in [4.69, 9.17) is 0 Å². The Morgan fingerprint density at radius 1 is 0.643 bits per heavy atom. The summed E-state index contributed by atoms with van der Waals surface area (Å²) < 4.78 is 0. The van der Waals surface area contributed by atoms with Gasteiger partial charge in [0.1, 0.15) is 0 Å². The van der Waals surface area contributed by atoms with Crippen molar-refractivity contribution in [1.29, 1.82) is 0 Å². The Bertz CT molecular complexity index is 141. The number of hydrogen-bond acceptors (Lipinski definition) is 1. The van der Waals surface area contributed by atoms with E-state index in [9.17, 15) is 0 Å². The Kier molecular flexibility index (Phi) is 14.2. The quantitative estimate of drug-likeness (QED) is 0.747. The molecule has 14 heavy (non-hydrogen) atoms. The first kappa shape index (κ1) is 15.9. The molecule has 1 nitrogen and oxygen atoms in total. The number of rotatable bonds is 3. The molecule has 1 aromatic carbocycles. The molecule has 0 amide bonds. The second kappa shape index (κ2) is 12.5. The van der Waals surface area contributed by atoms with Crippen molar-refractivity contribution in [2.45, 2.75) is 20.8 Å². The Morgan fingerprint density at radius 3 is 0.929 bits per heavy atom. The lowest BCUT2D eigenvalue weighted by Gasteiger charge is -2.13. The maximum atomic E-state index is 2.38. The molecule has 82 valence electrons. The van der Waals surface area contributed by atoms with Crippen molar-refractivity contribution >= 4 is 12.4 Å². The molecule has 0 heterocycles. The predicted molar refractivity (Wildman–Crippen MR) is 67.2 cm³/mol. The van der Waals surface area contributed by atoms with E-state index >= 15 is 0 Å². The van der Waals surface area contributed by atoms with Crippen molar-refractivity contribution in [3.63, 3.8) is 0 Å². The van der Waals surface area contributed by atoms with E-state index in [1.807, 2.05) is 36.4 Å². The minimum Gasteiger partial charge on any atom is -0.304 e. The van der Waals surface area contributed by atoms with Gasteiger partial charge >= 0.3 is 0 Å². The van der Waals surface area contributed by atoms with Gasteiger partial charge in [-0.3, -0.25) is 0 Å². The normalized spacial score (nSPS) is 8.57. The van der Waals surface area contributed by atoms with Gasteiger partial charge in [0.25, 0.3) is 0 Å². The van der Waals surface area contributed by atoms with Crippen LogP contribution in [-0.4, -0.2) is 24.5 Å². The maximum Gasteiger partial charge on any atom is -0.00474 e. The fraction of sp³-hybridized carbons (Fsp3) is 0.500. The van der Waals surface area contributed by atoms with Gasteiger partial charge in [-0.1, -0.05) is 57.2 Å². The van der Waals surface area contributed by atoms with Crippen LogP contribution in [0.5, 0.6) is 0 Å². The predicted octanol–water partition coefficient (Wildman–Crippen LogP) is 3.46. The molecule has 0 spiro atoms. The molecule has 2 heteroatoms. The molecule has 0 atom stereocenters. The highest BCUT2D eigenvalue weighted by Crippen LogP contribution is 1.81. The lowest BCUT2D eigenvalue weighted by Crippen LogP contribution is -2.21. The van der Waals surface area contributed by atoms with Crippen LogP contribution >= 0.6 is 12.4 Å². The average Bonchev–Trinajstić information content (AvgIpc) is 2.24. The van der Waals surface area contributed by atoms with Crippen LogP contribution in [0.15, 0.2) is 36.4 Å². The van der Waals surface area contributed by atoms with Gasteiger partial charge in [-0.2, -0.15) is 0 Å². The fourth-order valence-electron chi connectivity index (χ4n) is 1.06. The highest BCUT2D eigenvalue weighted by molar-refractivity contribution is 5.85. The van der Waals surface area contributed by atoms with Crippen molar-refractivity contribution in [3.8, 4) is 0 Å². The van der Waals surface area contributed by atoms with Crippen molar-refractivity contribution in [2.75, 3.05) is 19.6 Å². The molecule has 1 aromatic rings. The summed E-state index contributed by atoms with van der Waals surface area (Å²) in [5.74, 6) is 0. The van der Waals surface area contributed by atoms with E-state index in [2.05, 4.69) is 25.7 Å². The van der Waals surface area contributed by atoms with Crippen LogP contribution in [0.3, 0.4) is 0 Å². The Labute approximate surface area is 94.5 Å². The van der Waals surface area contributed by atoms with E-state index in [-0.39, 0.29) is 12.4 Å². The van der Waals surface area contributed by atoms with Gasteiger partial charge in [-0.05, 0) is 19.6 Å². The van der Waals surface area contributed by atoms with Crippen LogP contribution < -0.4 is 0 Å². The van der Waals surface area contributed by atoms with Gasteiger partial charge in [0.2, 0.25) is 0 Å². The minimum atomic E-state index is 0. The molecule has 0 saturated heterocycles. The molecule has 0 saturated carbocycles.